The molecule has 0 fully saturated rings. The summed E-state index contributed by atoms with van der Waals surface area (Å²) in [6.45, 7) is 0. The summed E-state index contributed by atoms with van der Waals surface area (Å²) in [5.74, 6) is 0. The first kappa shape index (κ1) is 168. The van der Waals surface area contributed by atoms with Crippen LogP contribution < -0.4 is 17.6 Å². The number of hydrogen-bond donors (Lipinski definition) is 3. The Balaban J connectivity index is -0.00000000275. The molecule has 7 nitrogen and oxygen atoms in total. The Morgan fingerprint density at radius 1 is 0.800 bits per heavy atom. The van der Waals surface area contributed by atoms with E-state index in [1.165, 1.54) is 0 Å². The van der Waals surface area contributed by atoms with Gasteiger partial charge < -0.3 is 23.1 Å². The van der Waals surface area contributed by atoms with Crippen molar-refractivity contribution in [1.82, 2.24) is 6.15 Å². The minimum Gasteiger partial charge on any atom is -0.412 e. The lowest BCUT2D eigenvalue weighted by atomic mass is 11.2. The Kier molecular flexibility index (Phi) is 2860. The molecular weight excluding hydrogens is 202 g/mol. The molecule has 0 aromatic heterocycles. The van der Waals surface area contributed by atoms with Gasteiger partial charge in [-0.25, -0.2) is 4.79 Å². The average molecular weight is 235 g/mol. The molecule has 7 heteroatoms. The maximum absolute atomic E-state index is 9.00. The summed E-state index contributed by atoms with van der Waals surface area (Å²) in [6.07, 6.45) is 0.250. The van der Waals surface area contributed by atoms with E-state index < -0.39 is 6.03 Å². The van der Waals surface area contributed by atoms with E-state index in [0.29, 0.717) is 0 Å². The SMILES string of the molecule is C.C.C.C.C.C.N.NC(N)=O.O.O=C=O. The summed E-state index contributed by atoms with van der Waals surface area (Å²) in [7, 11) is 0. The number of amides is 2. The summed E-state index contributed by atoms with van der Waals surface area (Å²) in [4.78, 5) is 25.2. The summed E-state index contributed by atoms with van der Waals surface area (Å²) < 4.78 is 0. The monoisotopic (exact) mass is 235 g/mol. The van der Waals surface area contributed by atoms with Gasteiger partial charge in [-0.15, -0.1) is 0 Å². The standard InChI is InChI=1S/CH4N2O.CO2.6CH4.H3N.H2O/c2-1(3)4;2-1-3;;;;;;;;/h(H4,2,3,4);;6*1H4;1H3;1H2. The van der Waals surface area contributed by atoms with Crippen LogP contribution in [0.2, 0.25) is 0 Å². The molecule has 0 aromatic rings. The largest absolute Gasteiger partial charge is 0.412 e. The summed E-state index contributed by atoms with van der Waals surface area (Å²) >= 11 is 0. The van der Waals surface area contributed by atoms with Crippen LogP contribution in [0, 0.1) is 0 Å². The van der Waals surface area contributed by atoms with Crippen molar-refractivity contribution in [2.24, 2.45) is 11.5 Å². The van der Waals surface area contributed by atoms with Gasteiger partial charge in [-0.1, -0.05) is 44.6 Å². The molecule has 0 heterocycles. The van der Waals surface area contributed by atoms with Gasteiger partial charge in [0.1, 0.15) is 0 Å². The van der Waals surface area contributed by atoms with Gasteiger partial charge in [-0.05, 0) is 0 Å². The minimum atomic E-state index is -0.833. The zero-order valence-corrected chi connectivity index (χ0v) is 4.59. The van der Waals surface area contributed by atoms with E-state index in [1.54, 1.807) is 0 Å². The van der Waals surface area contributed by atoms with Gasteiger partial charge in [0.2, 0.25) is 0 Å². The van der Waals surface area contributed by atoms with Crippen LogP contribution in [0.5, 0.6) is 0 Å². The fourth-order valence-corrected chi connectivity index (χ4v) is 0. The second-order valence-electron chi connectivity index (χ2n) is 0.486. The van der Waals surface area contributed by atoms with E-state index in [1.807, 2.05) is 0 Å². The molecule has 0 bridgehead atoms. The molecule has 104 valence electrons. The summed E-state index contributed by atoms with van der Waals surface area (Å²) in [5, 5.41) is 0. The fraction of sp³-hybridized carbons (Fsp3) is 0.750. The van der Waals surface area contributed by atoms with Crippen LogP contribution >= 0.6 is 0 Å². The van der Waals surface area contributed by atoms with Crippen LogP contribution in [0.3, 0.4) is 0 Å². The lowest BCUT2D eigenvalue weighted by Crippen LogP contribution is -2.18. The third-order valence-electron chi connectivity index (χ3n) is 0. The third kappa shape index (κ3) is 687. The highest BCUT2D eigenvalue weighted by Gasteiger charge is 1.60. The molecule has 0 aliphatic heterocycles. The average Bonchev–Trinajstić information content (AvgIpc) is 1.33. The maximum atomic E-state index is 9.00. The molecule has 0 rings (SSSR count). The van der Waals surface area contributed by atoms with Crippen LogP contribution in [0.4, 0.5) is 4.79 Å². The third-order valence-corrected chi connectivity index (χ3v) is 0. The number of rotatable bonds is 0. The molecular formula is C8H33N3O4. The van der Waals surface area contributed by atoms with E-state index in [4.69, 9.17) is 14.4 Å². The molecule has 0 radical (unpaired) electrons. The van der Waals surface area contributed by atoms with Crippen LogP contribution in [0.1, 0.15) is 44.6 Å². The van der Waals surface area contributed by atoms with Gasteiger partial charge in [0, 0.05) is 0 Å². The van der Waals surface area contributed by atoms with E-state index in [-0.39, 0.29) is 62.3 Å². The van der Waals surface area contributed by atoms with Crippen molar-refractivity contribution >= 4 is 12.2 Å². The van der Waals surface area contributed by atoms with Gasteiger partial charge in [-0.3, -0.25) is 0 Å². The topological polar surface area (TPSA) is 170 Å². The van der Waals surface area contributed by atoms with E-state index >= 15 is 0 Å². The first-order valence-corrected chi connectivity index (χ1v) is 1.19. The van der Waals surface area contributed by atoms with Crippen molar-refractivity contribution in [3.8, 4) is 0 Å². The second kappa shape index (κ2) is 255. The molecule has 0 spiro atoms. The normalized spacial score (nSPS) is 2.13. The van der Waals surface area contributed by atoms with Crippen LogP contribution in [-0.4, -0.2) is 17.7 Å². The lowest BCUT2D eigenvalue weighted by Gasteiger charge is -1.62. The summed E-state index contributed by atoms with van der Waals surface area (Å²) in [6, 6.07) is -0.833. The highest BCUT2D eigenvalue weighted by atomic mass is 16.2. The Hall–Kier alpha value is -1.43. The second-order valence-corrected chi connectivity index (χ2v) is 0.486. The van der Waals surface area contributed by atoms with Gasteiger partial charge >= 0.3 is 12.2 Å². The molecule has 15 heavy (non-hydrogen) atoms. The highest BCUT2D eigenvalue weighted by molar-refractivity contribution is 5.69. The smallest absolute Gasteiger partial charge is 0.373 e. The quantitative estimate of drug-likeness (QED) is 0.579. The van der Waals surface area contributed by atoms with Crippen LogP contribution in [0.25, 0.3) is 0 Å². The van der Waals surface area contributed by atoms with Crippen molar-refractivity contribution in [1.29, 1.82) is 0 Å². The van der Waals surface area contributed by atoms with Gasteiger partial charge in [0.15, 0.2) is 0 Å². The zero-order valence-electron chi connectivity index (χ0n) is 4.59. The number of urea groups is 1. The molecule has 0 atom stereocenters. The van der Waals surface area contributed by atoms with Crippen LogP contribution in [0.15, 0.2) is 0 Å². The van der Waals surface area contributed by atoms with E-state index in [2.05, 4.69) is 11.5 Å². The van der Waals surface area contributed by atoms with Crippen molar-refractivity contribution in [3.05, 3.63) is 0 Å². The van der Waals surface area contributed by atoms with E-state index in [0.717, 1.165) is 0 Å². The number of carbonyl (C=O) groups is 1. The fourth-order valence-electron chi connectivity index (χ4n) is 0. The lowest BCUT2D eigenvalue weighted by molar-refractivity contribution is -0.191. The number of nitrogens with two attached hydrogens (primary N) is 2. The van der Waals surface area contributed by atoms with Crippen molar-refractivity contribution in [2.75, 3.05) is 0 Å². The zero-order chi connectivity index (χ0) is 6.28. The number of carbonyl (C=O) groups excluding carboxylic acids is 3. The highest BCUT2D eigenvalue weighted by Crippen LogP contribution is 1.25. The predicted octanol–water partition coefficient (Wildman–Crippen LogP) is 1.59. The molecule has 9 N–H and O–H groups in total. The maximum Gasteiger partial charge on any atom is 0.373 e. The van der Waals surface area contributed by atoms with E-state index in [9.17, 15) is 0 Å². The minimum absolute atomic E-state index is 0. The predicted molar refractivity (Wildman–Crippen MR) is 67.8 cm³/mol. The van der Waals surface area contributed by atoms with Crippen molar-refractivity contribution < 1.29 is 19.9 Å². The van der Waals surface area contributed by atoms with Gasteiger partial charge in [-0.2, -0.15) is 9.59 Å². The molecule has 2 amide bonds. The Labute approximate surface area is 95.1 Å². The molecule has 0 aromatic carbocycles. The molecule has 0 aliphatic carbocycles. The molecule has 0 saturated carbocycles. The van der Waals surface area contributed by atoms with Gasteiger partial charge in [0.25, 0.3) is 0 Å². The molecule has 0 aliphatic rings. The van der Waals surface area contributed by atoms with Crippen molar-refractivity contribution in [3.63, 3.8) is 0 Å². The molecule has 0 saturated heterocycles. The van der Waals surface area contributed by atoms with Gasteiger partial charge in [0.05, 0.1) is 0 Å². The Bertz CT molecular complexity index is 89.9. The first-order chi connectivity index (χ1) is 3.15. The van der Waals surface area contributed by atoms with Crippen LogP contribution in [-0.2, 0) is 9.59 Å². The Morgan fingerprint density at radius 2 is 0.800 bits per heavy atom. The number of hydrogen-bond acceptors (Lipinski definition) is 4. The first-order valence-electron chi connectivity index (χ1n) is 1.19. The van der Waals surface area contributed by atoms with Crippen molar-refractivity contribution in [2.45, 2.75) is 44.6 Å². The Morgan fingerprint density at radius 3 is 0.800 bits per heavy atom. The molecule has 0 unspecified atom stereocenters. The summed E-state index contributed by atoms with van der Waals surface area (Å²) in [5.41, 5.74) is 8.50. The number of primary amides is 2.